The van der Waals surface area contributed by atoms with E-state index in [-0.39, 0.29) is 0 Å². The second kappa shape index (κ2) is 6.21. The first-order valence-electron chi connectivity index (χ1n) is 6.92. The fourth-order valence-electron chi connectivity index (χ4n) is 2.78. The number of hydrogen-bond acceptors (Lipinski definition) is 3. The van der Waals surface area contributed by atoms with Gasteiger partial charge >= 0.3 is 0 Å². The molecule has 1 aromatic rings. The predicted octanol–water partition coefficient (Wildman–Crippen LogP) is 1.84. The molecule has 1 atom stereocenters. The summed E-state index contributed by atoms with van der Waals surface area (Å²) in [5.41, 5.74) is 8.04. The van der Waals surface area contributed by atoms with Crippen LogP contribution in [0, 0.1) is 0 Å². The number of nitrogens with zero attached hydrogens (tertiary/aromatic N) is 2. The first kappa shape index (κ1) is 13.4. The van der Waals surface area contributed by atoms with Crippen LogP contribution in [0.5, 0.6) is 0 Å². The molecule has 0 bridgehead atoms. The van der Waals surface area contributed by atoms with Crippen molar-refractivity contribution >= 4 is 5.69 Å². The average molecular weight is 247 g/mol. The number of benzene rings is 1. The average Bonchev–Trinajstić information content (AvgIpc) is 2.48. The molecule has 3 heteroatoms. The van der Waals surface area contributed by atoms with E-state index in [2.05, 4.69) is 35.9 Å². The van der Waals surface area contributed by atoms with Crippen molar-refractivity contribution in [3.05, 3.63) is 29.8 Å². The molecule has 1 aliphatic heterocycles. The normalized spacial score (nSPS) is 22.9. The van der Waals surface area contributed by atoms with Gasteiger partial charge in [-0.05, 0) is 57.6 Å². The molecule has 1 fully saturated rings. The van der Waals surface area contributed by atoms with Gasteiger partial charge in [-0.15, -0.1) is 0 Å². The molecule has 1 aliphatic rings. The minimum atomic E-state index is 0.651. The van der Waals surface area contributed by atoms with Gasteiger partial charge in [-0.1, -0.05) is 12.1 Å². The Balaban J connectivity index is 1.89. The molecule has 0 radical (unpaired) electrons. The molecular weight excluding hydrogens is 222 g/mol. The van der Waals surface area contributed by atoms with E-state index in [4.69, 9.17) is 5.73 Å². The highest BCUT2D eigenvalue weighted by Gasteiger charge is 2.18. The summed E-state index contributed by atoms with van der Waals surface area (Å²) in [5.74, 6) is 0. The van der Waals surface area contributed by atoms with Crippen molar-refractivity contribution in [1.29, 1.82) is 0 Å². The van der Waals surface area contributed by atoms with Crippen LogP contribution in [0.2, 0.25) is 0 Å². The molecule has 0 saturated carbocycles. The molecule has 1 saturated heterocycles. The highest BCUT2D eigenvalue weighted by atomic mass is 15.2. The van der Waals surface area contributed by atoms with Crippen molar-refractivity contribution in [2.24, 2.45) is 0 Å². The second-order valence-corrected chi connectivity index (χ2v) is 5.50. The Labute approximate surface area is 111 Å². The Hall–Kier alpha value is -1.06. The lowest BCUT2D eigenvalue weighted by molar-refractivity contribution is 0.204. The van der Waals surface area contributed by atoms with E-state index in [0.29, 0.717) is 6.04 Å². The maximum absolute atomic E-state index is 5.82. The van der Waals surface area contributed by atoms with Crippen molar-refractivity contribution < 1.29 is 0 Å². The standard InChI is InChI=1S/C15H25N3/c1-13-12-17(2)8-4-9-18(13)10-7-14-5-3-6-15(16)11-14/h3,5-6,11,13H,4,7-10,12,16H2,1-2H3. The lowest BCUT2D eigenvalue weighted by atomic mass is 10.1. The maximum Gasteiger partial charge on any atom is 0.0316 e. The van der Waals surface area contributed by atoms with Gasteiger partial charge in [0.25, 0.3) is 0 Å². The number of likely N-dealkylation sites (N-methyl/N-ethyl adjacent to an activating group) is 1. The molecule has 1 aromatic carbocycles. The van der Waals surface area contributed by atoms with Gasteiger partial charge in [0, 0.05) is 24.8 Å². The van der Waals surface area contributed by atoms with Gasteiger partial charge in [0.2, 0.25) is 0 Å². The van der Waals surface area contributed by atoms with Crippen molar-refractivity contribution in [2.45, 2.75) is 25.8 Å². The summed E-state index contributed by atoms with van der Waals surface area (Å²) in [6.07, 6.45) is 2.37. The fourth-order valence-corrected chi connectivity index (χ4v) is 2.78. The molecule has 1 heterocycles. The SMILES string of the molecule is CC1CN(C)CCCN1CCc1cccc(N)c1. The number of hydrogen-bond donors (Lipinski definition) is 1. The summed E-state index contributed by atoms with van der Waals surface area (Å²) in [4.78, 5) is 5.04. The van der Waals surface area contributed by atoms with E-state index in [1.165, 1.54) is 31.6 Å². The summed E-state index contributed by atoms with van der Waals surface area (Å²) < 4.78 is 0. The van der Waals surface area contributed by atoms with Crippen LogP contribution in [0.1, 0.15) is 18.9 Å². The summed E-state index contributed by atoms with van der Waals surface area (Å²) in [6.45, 7) is 7.09. The molecule has 0 aliphatic carbocycles. The third-order valence-electron chi connectivity index (χ3n) is 3.82. The molecule has 3 nitrogen and oxygen atoms in total. The van der Waals surface area contributed by atoms with Crippen LogP contribution in [0.25, 0.3) is 0 Å². The van der Waals surface area contributed by atoms with E-state index >= 15 is 0 Å². The monoisotopic (exact) mass is 247 g/mol. The van der Waals surface area contributed by atoms with Gasteiger partial charge in [0.15, 0.2) is 0 Å². The van der Waals surface area contributed by atoms with Crippen LogP contribution in [0.4, 0.5) is 5.69 Å². The Morgan fingerprint density at radius 3 is 2.94 bits per heavy atom. The zero-order valence-electron chi connectivity index (χ0n) is 11.6. The van der Waals surface area contributed by atoms with Crippen LogP contribution in [-0.4, -0.2) is 49.1 Å². The molecule has 0 amide bonds. The number of rotatable bonds is 3. The Kier molecular flexibility index (Phi) is 4.61. The number of nitrogens with two attached hydrogens (primary N) is 1. The Morgan fingerprint density at radius 2 is 2.17 bits per heavy atom. The van der Waals surface area contributed by atoms with Gasteiger partial charge in [-0.3, -0.25) is 4.90 Å². The molecule has 0 spiro atoms. The summed E-state index contributed by atoms with van der Waals surface area (Å²) in [7, 11) is 2.22. The van der Waals surface area contributed by atoms with E-state index < -0.39 is 0 Å². The first-order valence-corrected chi connectivity index (χ1v) is 6.92. The highest BCUT2D eigenvalue weighted by Crippen LogP contribution is 2.12. The lowest BCUT2D eigenvalue weighted by Crippen LogP contribution is -2.39. The van der Waals surface area contributed by atoms with Gasteiger partial charge < -0.3 is 10.6 Å². The van der Waals surface area contributed by atoms with Crippen LogP contribution in [0.3, 0.4) is 0 Å². The minimum Gasteiger partial charge on any atom is -0.399 e. The van der Waals surface area contributed by atoms with Crippen LogP contribution >= 0.6 is 0 Å². The Morgan fingerprint density at radius 1 is 1.33 bits per heavy atom. The van der Waals surface area contributed by atoms with Gasteiger partial charge in [0.1, 0.15) is 0 Å². The van der Waals surface area contributed by atoms with E-state index in [0.717, 1.165) is 18.7 Å². The molecule has 18 heavy (non-hydrogen) atoms. The second-order valence-electron chi connectivity index (χ2n) is 5.50. The third kappa shape index (κ3) is 3.72. The van der Waals surface area contributed by atoms with Gasteiger partial charge in [-0.2, -0.15) is 0 Å². The zero-order chi connectivity index (χ0) is 13.0. The lowest BCUT2D eigenvalue weighted by Gasteiger charge is -2.27. The first-order chi connectivity index (χ1) is 8.65. The molecule has 2 N–H and O–H groups in total. The summed E-state index contributed by atoms with van der Waals surface area (Å²) in [5, 5.41) is 0. The molecular formula is C15H25N3. The smallest absolute Gasteiger partial charge is 0.0316 e. The molecule has 2 rings (SSSR count). The largest absolute Gasteiger partial charge is 0.399 e. The van der Waals surface area contributed by atoms with E-state index in [1.807, 2.05) is 12.1 Å². The summed E-state index contributed by atoms with van der Waals surface area (Å²) >= 11 is 0. The van der Waals surface area contributed by atoms with Crippen molar-refractivity contribution in [2.75, 3.05) is 39.0 Å². The minimum absolute atomic E-state index is 0.651. The van der Waals surface area contributed by atoms with Crippen LogP contribution < -0.4 is 5.73 Å². The van der Waals surface area contributed by atoms with Crippen LogP contribution in [-0.2, 0) is 6.42 Å². The molecule has 0 aromatic heterocycles. The van der Waals surface area contributed by atoms with Crippen molar-refractivity contribution in [3.8, 4) is 0 Å². The summed E-state index contributed by atoms with van der Waals surface area (Å²) in [6, 6.07) is 8.91. The topological polar surface area (TPSA) is 32.5 Å². The van der Waals surface area contributed by atoms with E-state index in [9.17, 15) is 0 Å². The zero-order valence-corrected chi connectivity index (χ0v) is 11.6. The Bertz CT molecular complexity index is 378. The fraction of sp³-hybridized carbons (Fsp3) is 0.600. The predicted molar refractivity (Wildman–Crippen MR) is 77.7 cm³/mol. The number of anilines is 1. The van der Waals surface area contributed by atoms with Gasteiger partial charge in [0.05, 0.1) is 0 Å². The highest BCUT2D eigenvalue weighted by molar-refractivity contribution is 5.40. The van der Waals surface area contributed by atoms with Crippen LogP contribution in [0.15, 0.2) is 24.3 Å². The molecule has 100 valence electrons. The number of nitrogen functional groups attached to an aromatic ring is 1. The quantitative estimate of drug-likeness (QED) is 0.827. The third-order valence-corrected chi connectivity index (χ3v) is 3.82. The van der Waals surface area contributed by atoms with Crippen molar-refractivity contribution in [3.63, 3.8) is 0 Å². The van der Waals surface area contributed by atoms with Gasteiger partial charge in [-0.25, -0.2) is 0 Å². The maximum atomic E-state index is 5.82. The molecule has 1 unspecified atom stereocenters. The van der Waals surface area contributed by atoms with E-state index in [1.54, 1.807) is 0 Å². The van der Waals surface area contributed by atoms with Crippen molar-refractivity contribution in [1.82, 2.24) is 9.80 Å².